The number of nitrogens with two attached hydrogens (primary N) is 1. The highest BCUT2D eigenvalue weighted by atomic mass is 79.9. The molecule has 0 aliphatic rings. The average molecular weight is 347 g/mol. The molecule has 1 nitrogen and oxygen atoms in total. The fourth-order valence-corrected chi connectivity index (χ4v) is 2.67. The van der Waals surface area contributed by atoms with Crippen LogP contribution < -0.4 is 5.73 Å². The van der Waals surface area contributed by atoms with Crippen LogP contribution in [0.15, 0.2) is 40.9 Å². The zero-order valence-electron chi connectivity index (χ0n) is 9.84. The molecule has 0 spiro atoms. The predicted molar refractivity (Wildman–Crippen MR) is 76.1 cm³/mol. The Hall–Kier alpha value is -0.970. The normalized spacial score (nSPS) is 12.5. The minimum atomic E-state index is -0.594. The largest absolute Gasteiger partial charge is 0.324 e. The second kappa shape index (κ2) is 5.99. The Kier molecular flexibility index (Phi) is 4.55. The molecule has 0 aromatic heterocycles. The SMILES string of the molecule is NC(Cc1c(F)cccc1F)c1ccc(Br)cc1Cl. The van der Waals surface area contributed by atoms with Gasteiger partial charge in [0.1, 0.15) is 11.6 Å². The summed E-state index contributed by atoms with van der Waals surface area (Å²) in [5.74, 6) is -1.19. The van der Waals surface area contributed by atoms with E-state index in [1.54, 1.807) is 18.2 Å². The van der Waals surface area contributed by atoms with Crippen molar-refractivity contribution >= 4 is 27.5 Å². The zero-order valence-corrected chi connectivity index (χ0v) is 12.2. The number of rotatable bonds is 3. The van der Waals surface area contributed by atoms with E-state index in [0.29, 0.717) is 10.6 Å². The predicted octanol–water partition coefficient (Wildman–Crippen LogP) is 4.62. The molecule has 0 saturated carbocycles. The first-order valence-electron chi connectivity index (χ1n) is 5.62. The minimum absolute atomic E-state index is 0.0195. The summed E-state index contributed by atoms with van der Waals surface area (Å²) in [5, 5.41) is 0.471. The van der Waals surface area contributed by atoms with E-state index in [1.807, 2.05) is 0 Å². The van der Waals surface area contributed by atoms with Crippen molar-refractivity contribution in [2.75, 3.05) is 0 Å². The lowest BCUT2D eigenvalue weighted by molar-refractivity contribution is 0.540. The number of hydrogen-bond donors (Lipinski definition) is 1. The quantitative estimate of drug-likeness (QED) is 0.862. The Morgan fingerprint density at radius 1 is 1.16 bits per heavy atom. The van der Waals surface area contributed by atoms with Crippen molar-refractivity contribution < 1.29 is 8.78 Å². The molecule has 5 heteroatoms. The lowest BCUT2D eigenvalue weighted by Gasteiger charge is -2.15. The Labute approximate surface area is 123 Å². The van der Waals surface area contributed by atoms with Gasteiger partial charge >= 0.3 is 0 Å². The molecule has 2 aromatic rings. The van der Waals surface area contributed by atoms with Gasteiger partial charge in [-0.15, -0.1) is 0 Å². The Morgan fingerprint density at radius 2 is 1.79 bits per heavy atom. The molecule has 0 bridgehead atoms. The molecule has 0 aliphatic carbocycles. The Morgan fingerprint density at radius 3 is 2.37 bits per heavy atom. The van der Waals surface area contributed by atoms with E-state index < -0.39 is 17.7 Å². The van der Waals surface area contributed by atoms with Gasteiger partial charge in [-0.25, -0.2) is 8.78 Å². The summed E-state index contributed by atoms with van der Waals surface area (Å²) in [6.45, 7) is 0. The van der Waals surface area contributed by atoms with E-state index in [2.05, 4.69) is 15.9 Å². The van der Waals surface area contributed by atoms with Gasteiger partial charge in [0.25, 0.3) is 0 Å². The lowest BCUT2D eigenvalue weighted by atomic mass is 9.99. The summed E-state index contributed by atoms with van der Waals surface area (Å²) in [6, 6.07) is 8.44. The molecule has 0 radical (unpaired) electrons. The molecule has 0 heterocycles. The number of benzene rings is 2. The van der Waals surface area contributed by atoms with Crippen LogP contribution in [0.1, 0.15) is 17.2 Å². The fourth-order valence-electron chi connectivity index (χ4n) is 1.86. The van der Waals surface area contributed by atoms with Crippen LogP contribution in [0.4, 0.5) is 8.78 Å². The van der Waals surface area contributed by atoms with E-state index >= 15 is 0 Å². The lowest BCUT2D eigenvalue weighted by Crippen LogP contribution is -2.15. The van der Waals surface area contributed by atoms with Crippen molar-refractivity contribution in [3.8, 4) is 0 Å². The van der Waals surface area contributed by atoms with Gasteiger partial charge in [-0.2, -0.15) is 0 Å². The molecule has 2 aromatic carbocycles. The monoisotopic (exact) mass is 345 g/mol. The molecule has 19 heavy (non-hydrogen) atoms. The van der Waals surface area contributed by atoms with Gasteiger partial charge < -0.3 is 5.73 Å². The fraction of sp³-hybridized carbons (Fsp3) is 0.143. The molecular weight excluding hydrogens is 336 g/mol. The van der Waals surface area contributed by atoms with Gasteiger partial charge in [0.2, 0.25) is 0 Å². The molecule has 0 fully saturated rings. The molecule has 2 rings (SSSR count). The van der Waals surface area contributed by atoms with E-state index in [4.69, 9.17) is 17.3 Å². The van der Waals surface area contributed by atoms with Crippen LogP contribution in [0.3, 0.4) is 0 Å². The van der Waals surface area contributed by atoms with Crippen molar-refractivity contribution in [3.63, 3.8) is 0 Å². The molecule has 2 N–H and O–H groups in total. The number of halogens is 4. The molecule has 0 saturated heterocycles. The van der Waals surface area contributed by atoms with E-state index in [9.17, 15) is 8.78 Å². The van der Waals surface area contributed by atoms with Crippen LogP contribution in [0.25, 0.3) is 0 Å². The summed E-state index contributed by atoms with van der Waals surface area (Å²) >= 11 is 9.36. The molecule has 0 aliphatic heterocycles. The van der Waals surface area contributed by atoms with Crippen LogP contribution in [0, 0.1) is 11.6 Å². The van der Waals surface area contributed by atoms with Gasteiger partial charge in [0.05, 0.1) is 0 Å². The average Bonchev–Trinajstić information content (AvgIpc) is 2.33. The standard InChI is InChI=1S/C14H11BrClF2N/c15-8-4-5-9(11(16)6-8)14(19)7-10-12(17)2-1-3-13(10)18/h1-6,14H,7,19H2. The third-order valence-electron chi connectivity index (χ3n) is 2.85. The highest BCUT2D eigenvalue weighted by Crippen LogP contribution is 2.28. The second-order valence-corrected chi connectivity index (χ2v) is 5.50. The Bertz CT molecular complexity index is 584. The summed E-state index contributed by atoms with van der Waals surface area (Å²) in [4.78, 5) is 0. The maximum absolute atomic E-state index is 13.6. The van der Waals surface area contributed by atoms with Gasteiger partial charge in [-0.1, -0.05) is 39.7 Å². The Balaban J connectivity index is 2.28. The van der Waals surface area contributed by atoms with Crippen molar-refractivity contribution in [2.24, 2.45) is 5.73 Å². The third-order valence-corrected chi connectivity index (χ3v) is 3.67. The van der Waals surface area contributed by atoms with Crippen molar-refractivity contribution in [3.05, 3.63) is 68.7 Å². The molecule has 100 valence electrons. The molecule has 1 atom stereocenters. The maximum Gasteiger partial charge on any atom is 0.129 e. The highest BCUT2D eigenvalue weighted by Gasteiger charge is 2.16. The number of hydrogen-bond acceptors (Lipinski definition) is 1. The summed E-state index contributed by atoms with van der Waals surface area (Å²) in [7, 11) is 0. The van der Waals surface area contributed by atoms with Gasteiger partial charge in [-0.05, 0) is 36.2 Å². The van der Waals surface area contributed by atoms with E-state index in [-0.39, 0.29) is 12.0 Å². The first-order valence-corrected chi connectivity index (χ1v) is 6.79. The van der Waals surface area contributed by atoms with Gasteiger partial charge in [0, 0.05) is 21.1 Å². The van der Waals surface area contributed by atoms with Crippen LogP contribution in [-0.4, -0.2) is 0 Å². The van der Waals surface area contributed by atoms with Crippen LogP contribution in [0.2, 0.25) is 5.02 Å². The van der Waals surface area contributed by atoms with Crippen molar-refractivity contribution in [1.82, 2.24) is 0 Å². The molecule has 1 unspecified atom stereocenters. The smallest absolute Gasteiger partial charge is 0.129 e. The minimum Gasteiger partial charge on any atom is -0.324 e. The third kappa shape index (κ3) is 3.32. The van der Waals surface area contributed by atoms with Crippen LogP contribution in [-0.2, 0) is 6.42 Å². The van der Waals surface area contributed by atoms with Crippen LogP contribution >= 0.6 is 27.5 Å². The summed E-state index contributed by atoms with van der Waals surface area (Å²) in [5.41, 5.74) is 6.62. The first kappa shape index (κ1) is 14.4. The van der Waals surface area contributed by atoms with Crippen molar-refractivity contribution in [1.29, 1.82) is 0 Å². The zero-order chi connectivity index (χ0) is 14.0. The molecule has 0 amide bonds. The summed E-state index contributed by atoms with van der Waals surface area (Å²) in [6.07, 6.45) is 0.0554. The van der Waals surface area contributed by atoms with Gasteiger partial charge in [-0.3, -0.25) is 0 Å². The second-order valence-electron chi connectivity index (χ2n) is 4.18. The maximum atomic E-state index is 13.6. The summed E-state index contributed by atoms with van der Waals surface area (Å²) < 4.78 is 27.9. The van der Waals surface area contributed by atoms with Crippen molar-refractivity contribution in [2.45, 2.75) is 12.5 Å². The topological polar surface area (TPSA) is 26.0 Å². The highest BCUT2D eigenvalue weighted by molar-refractivity contribution is 9.10. The first-order chi connectivity index (χ1) is 8.99. The van der Waals surface area contributed by atoms with E-state index in [1.165, 1.54) is 18.2 Å². The van der Waals surface area contributed by atoms with E-state index in [0.717, 1.165) is 4.47 Å². The van der Waals surface area contributed by atoms with Crippen LogP contribution in [0.5, 0.6) is 0 Å². The molecular formula is C14H11BrClF2N. The van der Waals surface area contributed by atoms with Gasteiger partial charge in [0.15, 0.2) is 0 Å².